The molecule has 1 saturated heterocycles. The lowest BCUT2D eigenvalue weighted by atomic mass is 10.1. The van der Waals surface area contributed by atoms with Crippen molar-refractivity contribution in [1.29, 1.82) is 0 Å². The van der Waals surface area contributed by atoms with Gasteiger partial charge in [0.15, 0.2) is 0 Å². The fourth-order valence-electron chi connectivity index (χ4n) is 5.00. The molecule has 36 heavy (non-hydrogen) atoms. The third kappa shape index (κ3) is 5.44. The molecule has 186 valence electrons. The molecule has 2 N–H and O–H groups in total. The van der Waals surface area contributed by atoms with Crippen molar-refractivity contribution in [2.75, 3.05) is 18.5 Å². The predicted octanol–water partition coefficient (Wildman–Crippen LogP) is 5.18. The van der Waals surface area contributed by atoms with Crippen LogP contribution in [0.3, 0.4) is 0 Å². The number of amides is 2. The van der Waals surface area contributed by atoms with E-state index < -0.39 is 0 Å². The van der Waals surface area contributed by atoms with Crippen LogP contribution in [0, 0.1) is 0 Å². The van der Waals surface area contributed by atoms with Gasteiger partial charge in [0.2, 0.25) is 0 Å². The van der Waals surface area contributed by atoms with Crippen molar-refractivity contribution in [2.24, 2.45) is 0 Å². The number of nitrogens with zero attached hydrogens (tertiary/aromatic N) is 1. The molecule has 0 saturated carbocycles. The minimum absolute atomic E-state index is 0.0269. The summed E-state index contributed by atoms with van der Waals surface area (Å²) in [6.07, 6.45) is 3.62. The average molecular weight is 484 g/mol. The Morgan fingerprint density at radius 3 is 2.53 bits per heavy atom. The van der Waals surface area contributed by atoms with Crippen molar-refractivity contribution in [3.8, 4) is 0 Å². The first-order valence-corrected chi connectivity index (χ1v) is 12.8. The molecule has 0 aromatic heterocycles. The van der Waals surface area contributed by atoms with Crippen molar-refractivity contribution in [2.45, 2.75) is 50.9 Å². The zero-order valence-electron chi connectivity index (χ0n) is 20.7. The van der Waals surface area contributed by atoms with E-state index in [0.29, 0.717) is 12.1 Å². The molecular formula is C30H33N3O3. The maximum absolute atomic E-state index is 13.2. The molecule has 2 aliphatic heterocycles. The van der Waals surface area contributed by atoms with Gasteiger partial charge in [0.05, 0.1) is 6.10 Å². The number of nitrogens with one attached hydrogen (secondary N) is 2. The van der Waals surface area contributed by atoms with Crippen LogP contribution in [-0.2, 0) is 11.2 Å². The number of carbonyl (C=O) groups excluding carboxylic acids is 2. The molecular weight excluding hydrogens is 450 g/mol. The number of anilines is 1. The first-order valence-electron chi connectivity index (χ1n) is 12.8. The average Bonchev–Trinajstić information content (AvgIpc) is 3.51. The lowest BCUT2D eigenvalue weighted by Gasteiger charge is -2.29. The highest BCUT2D eigenvalue weighted by Crippen LogP contribution is 2.35. The second-order valence-corrected chi connectivity index (χ2v) is 9.70. The van der Waals surface area contributed by atoms with Crippen molar-refractivity contribution < 1.29 is 14.3 Å². The Balaban J connectivity index is 1.22. The fourth-order valence-corrected chi connectivity index (χ4v) is 5.00. The molecule has 0 radical (unpaired) electrons. The fraction of sp³-hybridized carbons (Fsp3) is 0.333. The Kier molecular flexibility index (Phi) is 7.33. The van der Waals surface area contributed by atoms with E-state index in [1.165, 1.54) is 5.56 Å². The van der Waals surface area contributed by atoms with Gasteiger partial charge in [-0.15, -0.1) is 0 Å². The topological polar surface area (TPSA) is 70.7 Å². The van der Waals surface area contributed by atoms with E-state index >= 15 is 0 Å². The van der Waals surface area contributed by atoms with Gasteiger partial charge in [0.25, 0.3) is 11.8 Å². The van der Waals surface area contributed by atoms with Gasteiger partial charge >= 0.3 is 0 Å². The smallest absolute Gasteiger partial charge is 0.256 e. The van der Waals surface area contributed by atoms with Gasteiger partial charge < -0.3 is 20.3 Å². The molecule has 3 atom stereocenters. The lowest BCUT2D eigenvalue weighted by Crippen LogP contribution is -2.38. The molecule has 1 fully saturated rings. The van der Waals surface area contributed by atoms with Gasteiger partial charge in [-0.25, -0.2) is 0 Å². The number of aryl methyl sites for hydroxylation is 1. The lowest BCUT2D eigenvalue weighted by molar-refractivity contribution is 0.0489. The Bertz CT molecular complexity index is 1190. The molecule has 5 rings (SSSR count). The molecule has 3 aromatic carbocycles. The molecule has 3 aromatic rings. The van der Waals surface area contributed by atoms with Gasteiger partial charge in [0, 0.05) is 41.6 Å². The molecule has 0 aliphatic carbocycles. The van der Waals surface area contributed by atoms with Crippen molar-refractivity contribution >= 4 is 17.5 Å². The minimum Gasteiger partial charge on any atom is -0.376 e. The van der Waals surface area contributed by atoms with Crippen LogP contribution in [0.2, 0.25) is 0 Å². The molecule has 6 heteroatoms. The third-order valence-electron chi connectivity index (χ3n) is 7.02. The number of rotatable bonds is 9. The summed E-state index contributed by atoms with van der Waals surface area (Å²) < 4.78 is 5.81. The number of hydrogen-bond donors (Lipinski definition) is 2. The van der Waals surface area contributed by atoms with E-state index in [1.807, 2.05) is 78.6 Å². The highest BCUT2D eigenvalue weighted by molar-refractivity contribution is 5.99. The molecule has 2 heterocycles. The standard InChI is InChI=1S/C30H33N3O3/c1-21(13-14-22-8-3-2-4-9-22)31-29(34)23-15-17-24(18-16-23)32-28-26-11-5-6-12-27(26)30(35)33(28)20-25-10-7-19-36-25/h2-6,8-9,11-12,15-18,21,25,28,32H,7,10,13-14,19-20H2,1H3,(H,31,34). The molecule has 2 amide bonds. The van der Waals surface area contributed by atoms with Crippen molar-refractivity contribution in [1.82, 2.24) is 10.2 Å². The van der Waals surface area contributed by atoms with Gasteiger partial charge in [-0.2, -0.15) is 0 Å². The van der Waals surface area contributed by atoms with Crippen LogP contribution in [0.15, 0.2) is 78.9 Å². The number of ether oxygens (including phenoxy) is 1. The first kappa shape index (κ1) is 24.1. The Hall–Kier alpha value is -3.64. The largest absolute Gasteiger partial charge is 0.376 e. The van der Waals surface area contributed by atoms with E-state index in [0.717, 1.165) is 49.1 Å². The van der Waals surface area contributed by atoms with E-state index in [9.17, 15) is 9.59 Å². The summed E-state index contributed by atoms with van der Waals surface area (Å²) in [5, 5.41) is 6.61. The predicted molar refractivity (Wildman–Crippen MR) is 141 cm³/mol. The maximum Gasteiger partial charge on any atom is 0.256 e. The van der Waals surface area contributed by atoms with Gasteiger partial charge in [-0.05, 0) is 68.5 Å². The maximum atomic E-state index is 13.2. The minimum atomic E-state index is -0.268. The van der Waals surface area contributed by atoms with E-state index in [4.69, 9.17) is 4.74 Å². The van der Waals surface area contributed by atoms with E-state index in [1.54, 1.807) is 0 Å². The summed E-state index contributed by atoms with van der Waals surface area (Å²) in [5.41, 5.74) is 4.44. The first-order chi connectivity index (χ1) is 17.6. The van der Waals surface area contributed by atoms with Gasteiger partial charge in [-0.3, -0.25) is 9.59 Å². The van der Waals surface area contributed by atoms with Crippen LogP contribution < -0.4 is 10.6 Å². The second kappa shape index (κ2) is 11.0. The highest BCUT2D eigenvalue weighted by Gasteiger charge is 2.38. The molecule has 0 bridgehead atoms. The van der Waals surface area contributed by atoms with E-state index in [2.05, 4.69) is 22.8 Å². The molecule has 6 nitrogen and oxygen atoms in total. The summed E-state index contributed by atoms with van der Waals surface area (Å²) in [4.78, 5) is 27.8. The molecule has 3 unspecified atom stereocenters. The monoisotopic (exact) mass is 483 g/mol. The summed E-state index contributed by atoms with van der Waals surface area (Å²) >= 11 is 0. The normalized spacial score (nSPS) is 19.7. The van der Waals surface area contributed by atoms with Crippen LogP contribution in [0.1, 0.15) is 64.2 Å². The Labute approximate surface area is 212 Å². The molecule has 0 spiro atoms. The van der Waals surface area contributed by atoms with Crippen LogP contribution in [0.4, 0.5) is 5.69 Å². The zero-order chi connectivity index (χ0) is 24.9. The summed E-state index contributed by atoms with van der Waals surface area (Å²) in [6, 6.07) is 25.6. The summed E-state index contributed by atoms with van der Waals surface area (Å²) in [7, 11) is 0. The Morgan fingerprint density at radius 2 is 1.78 bits per heavy atom. The summed E-state index contributed by atoms with van der Waals surface area (Å²) in [6.45, 7) is 3.35. The Morgan fingerprint density at radius 1 is 1.03 bits per heavy atom. The van der Waals surface area contributed by atoms with E-state index in [-0.39, 0.29) is 30.1 Å². The van der Waals surface area contributed by atoms with Crippen LogP contribution in [0.5, 0.6) is 0 Å². The van der Waals surface area contributed by atoms with Crippen LogP contribution in [-0.4, -0.2) is 42.0 Å². The van der Waals surface area contributed by atoms with Crippen molar-refractivity contribution in [3.63, 3.8) is 0 Å². The number of carbonyl (C=O) groups is 2. The highest BCUT2D eigenvalue weighted by atomic mass is 16.5. The number of hydrogen-bond acceptors (Lipinski definition) is 4. The second-order valence-electron chi connectivity index (χ2n) is 9.70. The number of fused-ring (bicyclic) bond motifs is 1. The summed E-state index contributed by atoms with van der Waals surface area (Å²) in [5.74, 6) is -0.0531. The van der Waals surface area contributed by atoms with Gasteiger partial charge in [0.1, 0.15) is 6.17 Å². The third-order valence-corrected chi connectivity index (χ3v) is 7.02. The zero-order valence-corrected chi connectivity index (χ0v) is 20.7. The van der Waals surface area contributed by atoms with Gasteiger partial charge in [-0.1, -0.05) is 48.5 Å². The van der Waals surface area contributed by atoms with Crippen LogP contribution >= 0.6 is 0 Å². The van der Waals surface area contributed by atoms with Crippen LogP contribution in [0.25, 0.3) is 0 Å². The molecule has 2 aliphatic rings. The number of benzene rings is 3. The van der Waals surface area contributed by atoms with Crippen molar-refractivity contribution in [3.05, 3.63) is 101 Å². The SMILES string of the molecule is CC(CCc1ccccc1)NC(=O)c1ccc(NC2c3ccccc3C(=O)N2CC2CCCO2)cc1. The quantitative estimate of drug-likeness (QED) is 0.440.